The zero-order valence-corrected chi connectivity index (χ0v) is 13.2. The van der Waals surface area contributed by atoms with E-state index in [2.05, 4.69) is 65.4 Å². The Kier molecular flexibility index (Phi) is 4.82. The fraction of sp³-hybridized carbons (Fsp3) is 0.500. The second-order valence-electron chi connectivity index (χ2n) is 5.94. The molecule has 0 radical (unpaired) electrons. The normalized spacial score (nSPS) is 26.0. The SMILES string of the molecule is CC1(C)CC(Br)=C[C@H](NCCc2ccccc2)[C@@H]1O. The third-order valence-corrected chi connectivity index (χ3v) is 4.31. The van der Waals surface area contributed by atoms with Crippen molar-refractivity contribution >= 4 is 15.9 Å². The average Bonchev–Trinajstić information content (AvgIpc) is 2.36. The number of aliphatic hydroxyl groups is 1. The van der Waals surface area contributed by atoms with E-state index in [9.17, 15) is 5.11 Å². The number of rotatable bonds is 4. The molecule has 19 heavy (non-hydrogen) atoms. The lowest BCUT2D eigenvalue weighted by atomic mass is 9.76. The number of hydrogen-bond acceptors (Lipinski definition) is 2. The van der Waals surface area contributed by atoms with E-state index >= 15 is 0 Å². The van der Waals surface area contributed by atoms with E-state index in [4.69, 9.17) is 0 Å². The topological polar surface area (TPSA) is 32.3 Å². The van der Waals surface area contributed by atoms with Crippen LogP contribution in [0.2, 0.25) is 0 Å². The van der Waals surface area contributed by atoms with Gasteiger partial charge in [-0.15, -0.1) is 0 Å². The fourth-order valence-electron chi connectivity index (χ4n) is 2.57. The van der Waals surface area contributed by atoms with Gasteiger partial charge in [-0.05, 0) is 34.8 Å². The van der Waals surface area contributed by atoms with Crippen LogP contribution < -0.4 is 5.32 Å². The van der Waals surface area contributed by atoms with Crippen LogP contribution in [0.25, 0.3) is 0 Å². The number of halogens is 1. The Balaban J connectivity index is 1.90. The fourth-order valence-corrected chi connectivity index (χ4v) is 3.58. The summed E-state index contributed by atoms with van der Waals surface area (Å²) in [5.74, 6) is 0. The van der Waals surface area contributed by atoms with Crippen LogP contribution in [0.5, 0.6) is 0 Å². The van der Waals surface area contributed by atoms with E-state index in [1.807, 2.05) is 6.07 Å². The third-order valence-electron chi connectivity index (χ3n) is 3.76. The second kappa shape index (κ2) is 6.21. The summed E-state index contributed by atoms with van der Waals surface area (Å²) < 4.78 is 1.18. The zero-order valence-electron chi connectivity index (χ0n) is 11.6. The van der Waals surface area contributed by atoms with Crippen LogP contribution in [0.3, 0.4) is 0 Å². The van der Waals surface area contributed by atoms with Crippen LogP contribution >= 0.6 is 15.9 Å². The van der Waals surface area contributed by atoms with Gasteiger partial charge >= 0.3 is 0 Å². The van der Waals surface area contributed by atoms with Crippen molar-refractivity contribution in [1.29, 1.82) is 0 Å². The molecule has 0 heterocycles. The summed E-state index contributed by atoms with van der Waals surface area (Å²) in [5.41, 5.74) is 1.24. The zero-order chi connectivity index (χ0) is 13.9. The lowest BCUT2D eigenvalue weighted by molar-refractivity contribution is 0.0256. The summed E-state index contributed by atoms with van der Waals surface area (Å²) in [6.07, 6.45) is 3.63. The largest absolute Gasteiger partial charge is 0.391 e. The maximum Gasteiger partial charge on any atom is 0.0783 e. The van der Waals surface area contributed by atoms with Gasteiger partial charge in [-0.3, -0.25) is 0 Å². The van der Waals surface area contributed by atoms with Gasteiger partial charge < -0.3 is 10.4 Å². The summed E-state index contributed by atoms with van der Waals surface area (Å²) in [7, 11) is 0. The first-order chi connectivity index (χ1) is 8.99. The minimum absolute atomic E-state index is 0.0295. The van der Waals surface area contributed by atoms with E-state index < -0.39 is 0 Å². The maximum absolute atomic E-state index is 10.4. The average molecular weight is 324 g/mol. The van der Waals surface area contributed by atoms with Gasteiger partial charge in [0.25, 0.3) is 0 Å². The summed E-state index contributed by atoms with van der Waals surface area (Å²) in [6, 6.07) is 10.4. The molecule has 2 nitrogen and oxygen atoms in total. The monoisotopic (exact) mass is 323 g/mol. The molecular weight excluding hydrogens is 302 g/mol. The van der Waals surface area contributed by atoms with Gasteiger partial charge in [0, 0.05) is 0 Å². The molecular formula is C16H22BrNO. The minimum atomic E-state index is -0.343. The highest BCUT2D eigenvalue weighted by Crippen LogP contribution is 2.37. The Labute approximate surface area is 124 Å². The molecule has 2 N–H and O–H groups in total. The predicted molar refractivity (Wildman–Crippen MR) is 83.4 cm³/mol. The van der Waals surface area contributed by atoms with Crippen LogP contribution in [0, 0.1) is 5.41 Å². The van der Waals surface area contributed by atoms with Crippen molar-refractivity contribution in [2.45, 2.75) is 38.8 Å². The Morgan fingerprint density at radius 3 is 2.68 bits per heavy atom. The number of nitrogens with one attached hydrogen (secondary N) is 1. The molecule has 0 amide bonds. The Morgan fingerprint density at radius 2 is 2.00 bits per heavy atom. The van der Waals surface area contributed by atoms with Gasteiger partial charge in [-0.25, -0.2) is 0 Å². The maximum atomic E-state index is 10.4. The van der Waals surface area contributed by atoms with Crippen molar-refractivity contribution in [1.82, 2.24) is 5.32 Å². The molecule has 0 aliphatic heterocycles. The molecule has 2 atom stereocenters. The number of aliphatic hydroxyl groups excluding tert-OH is 1. The highest BCUT2D eigenvalue weighted by atomic mass is 79.9. The first-order valence-corrected chi connectivity index (χ1v) is 7.60. The standard InChI is InChI=1S/C16H22BrNO/c1-16(2)11-13(17)10-14(15(16)19)18-9-8-12-6-4-3-5-7-12/h3-7,10,14-15,18-19H,8-9,11H2,1-2H3/t14-,15-/m0/s1. The van der Waals surface area contributed by atoms with Crippen LogP contribution in [-0.4, -0.2) is 23.8 Å². The predicted octanol–water partition coefficient (Wildman–Crippen LogP) is 3.26. The van der Waals surface area contributed by atoms with Gasteiger partial charge in [0.2, 0.25) is 0 Å². The van der Waals surface area contributed by atoms with Crippen LogP contribution in [-0.2, 0) is 6.42 Å². The Bertz CT molecular complexity index is 441. The lowest BCUT2D eigenvalue weighted by Gasteiger charge is -2.39. The second-order valence-corrected chi connectivity index (χ2v) is 6.96. The van der Waals surface area contributed by atoms with Crippen molar-refractivity contribution in [2.75, 3.05) is 6.54 Å². The molecule has 0 spiro atoms. The molecule has 1 aliphatic rings. The van der Waals surface area contributed by atoms with Crippen molar-refractivity contribution in [3.63, 3.8) is 0 Å². The lowest BCUT2D eigenvalue weighted by Crippen LogP contribution is -2.49. The van der Waals surface area contributed by atoms with Gasteiger partial charge in [0.05, 0.1) is 12.1 Å². The molecule has 0 bridgehead atoms. The summed E-state index contributed by atoms with van der Waals surface area (Å²) in [5, 5.41) is 13.8. The molecule has 1 aromatic rings. The number of benzene rings is 1. The highest BCUT2D eigenvalue weighted by Gasteiger charge is 2.37. The van der Waals surface area contributed by atoms with E-state index in [0.29, 0.717) is 0 Å². The van der Waals surface area contributed by atoms with Crippen LogP contribution in [0.4, 0.5) is 0 Å². The molecule has 0 aromatic heterocycles. The quantitative estimate of drug-likeness (QED) is 0.891. The molecule has 1 aliphatic carbocycles. The molecule has 3 heteroatoms. The Morgan fingerprint density at radius 1 is 1.32 bits per heavy atom. The smallest absolute Gasteiger partial charge is 0.0783 e. The molecule has 0 fully saturated rings. The number of hydrogen-bond donors (Lipinski definition) is 2. The molecule has 1 aromatic carbocycles. The van der Waals surface area contributed by atoms with E-state index in [1.54, 1.807) is 0 Å². The van der Waals surface area contributed by atoms with Gasteiger partial charge in [-0.1, -0.05) is 66.2 Å². The van der Waals surface area contributed by atoms with Crippen LogP contribution in [0.15, 0.2) is 40.9 Å². The van der Waals surface area contributed by atoms with E-state index in [0.717, 1.165) is 19.4 Å². The van der Waals surface area contributed by atoms with Crippen molar-refractivity contribution in [2.24, 2.45) is 5.41 Å². The van der Waals surface area contributed by atoms with Gasteiger partial charge in [-0.2, -0.15) is 0 Å². The van der Waals surface area contributed by atoms with E-state index in [1.165, 1.54) is 10.0 Å². The van der Waals surface area contributed by atoms with Crippen molar-refractivity contribution in [3.8, 4) is 0 Å². The molecule has 0 saturated heterocycles. The molecule has 2 rings (SSSR count). The summed E-state index contributed by atoms with van der Waals surface area (Å²) in [4.78, 5) is 0. The van der Waals surface area contributed by atoms with Crippen molar-refractivity contribution < 1.29 is 5.11 Å². The third kappa shape index (κ3) is 3.91. The molecule has 0 saturated carbocycles. The minimum Gasteiger partial charge on any atom is -0.391 e. The van der Waals surface area contributed by atoms with Gasteiger partial charge in [0.15, 0.2) is 0 Å². The van der Waals surface area contributed by atoms with Gasteiger partial charge in [0.1, 0.15) is 0 Å². The first-order valence-electron chi connectivity index (χ1n) is 6.80. The molecule has 104 valence electrons. The summed E-state index contributed by atoms with van der Waals surface area (Å²) >= 11 is 3.58. The summed E-state index contributed by atoms with van der Waals surface area (Å²) in [6.45, 7) is 5.09. The van der Waals surface area contributed by atoms with E-state index in [-0.39, 0.29) is 17.6 Å². The van der Waals surface area contributed by atoms with Crippen molar-refractivity contribution in [3.05, 3.63) is 46.5 Å². The Hall–Kier alpha value is -0.640. The molecule has 0 unspecified atom stereocenters. The van der Waals surface area contributed by atoms with Crippen LogP contribution in [0.1, 0.15) is 25.8 Å². The number of allylic oxidation sites excluding steroid dienone is 1. The highest BCUT2D eigenvalue weighted by molar-refractivity contribution is 9.11. The first kappa shape index (κ1) is 14.8.